The van der Waals surface area contributed by atoms with Crippen molar-refractivity contribution in [1.82, 2.24) is 10.2 Å². The second kappa shape index (κ2) is 5.28. The van der Waals surface area contributed by atoms with E-state index in [1.165, 1.54) is 12.1 Å². The van der Waals surface area contributed by atoms with Crippen molar-refractivity contribution in [2.75, 3.05) is 0 Å². The first-order valence-corrected chi connectivity index (χ1v) is 5.60. The number of halogens is 1. The fraction of sp³-hybridized carbons (Fsp3) is 0.273. The van der Waals surface area contributed by atoms with Crippen LogP contribution in [0.25, 0.3) is 11.5 Å². The molecule has 1 heterocycles. The smallest absolute Gasteiger partial charge is 0.423 e. The van der Waals surface area contributed by atoms with Gasteiger partial charge in [-0.3, -0.25) is 0 Å². The molecule has 7 heteroatoms. The van der Waals surface area contributed by atoms with Gasteiger partial charge in [-0.05, 0) is 30.1 Å². The van der Waals surface area contributed by atoms with Gasteiger partial charge in [0.1, 0.15) is 5.82 Å². The summed E-state index contributed by atoms with van der Waals surface area (Å²) in [6.07, 6.45) is 1.51. The first-order chi connectivity index (χ1) is 8.61. The van der Waals surface area contributed by atoms with E-state index in [1.54, 1.807) is 0 Å². The number of benzene rings is 1. The Balaban J connectivity index is 2.42. The van der Waals surface area contributed by atoms with E-state index in [9.17, 15) is 14.4 Å². The zero-order chi connectivity index (χ0) is 13.1. The van der Waals surface area contributed by atoms with Gasteiger partial charge in [0.2, 0.25) is 11.8 Å². The van der Waals surface area contributed by atoms with E-state index in [0.717, 1.165) is 12.5 Å². The number of hydrogen-bond donors (Lipinski definition) is 2. The van der Waals surface area contributed by atoms with Crippen LogP contribution in [0.4, 0.5) is 4.39 Å². The molecule has 18 heavy (non-hydrogen) atoms. The molecule has 2 N–H and O–H groups in total. The van der Waals surface area contributed by atoms with Crippen LogP contribution in [-0.4, -0.2) is 27.4 Å². The number of hydrogen-bond acceptors (Lipinski definition) is 5. The molecule has 94 valence electrons. The first kappa shape index (κ1) is 12.7. The summed E-state index contributed by atoms with van der Waals surface area (Å²) in [6.45, 7) is 1.98. The maximum Gasteiger partial charge on any atom is 0.489 e. The van der Waals surface area contributed by atoms with Crippen LogP contribution in [0.5, 0.6) is 0 Å². The molecule has 0 saturated heterocycles. The lowest BCUT2D eigenvalue weighted by Crippen LogP contribution is -2.32. The molecule has 1 aromatic carbocycles. The Hall–Kier alpha value is -1.73. The van der Waals surface area contributed by atoms with Crippen molar-refractivity contribution in [3.63, 3.8) is 0 Å². The van der Waals surface area contributed by atoms with Crippen molar-refractivity contribution in [3.8, 4) is 11.5 Å². The van der Waals surface area contributed by atoms with Crippen molar-refractivity contribution in [1.29, 1.82) is 0 Å². The molecule has 0 amide bonds. The van der Waals surface area contributed by atoms with E-state index < -0.39 is 12.9 Å². The molecule has 2 aromatic rings. The Labute approximate surface area is 103 Å². The van der Waals surface area contributed by atoms with Crippen LogP contribution in [-0.2, 0) is 6.42 Å². The summed E-state index contributed by atoms with van der Waals surface area (Å²) < 4.78 is 18.4. The fourth-order valence-corrected chi connectivity index (χ4v) is 1.62. The summed E-state index contributed by atoms with van der Waals surface area (Å²) in [5, 5.41) is 26.0. The molecule has 0 spiro atoms. The molecule has 0 aliphatic carbocycles. The highest BCUT2D eigenvalue weighted by molar-refractivity contribution is 6.60. The monoisotopic (exact) mass is 250 g/mol. The van der Waals surface area contributed by atoms with E-state index in [-0.39, 0.29) is 11.4 Å². The summed E-state index contributed by atoms with van der Waals surface area (Å²) in [4.78, 5) is 0. The second-order valence-corrected chi connectivity index (χ2v) is 3.86. The van der Waals surface area contributed by atoms with Crippen LogP contribution in [0.1, 0.15) is 19.2 Å². The minimum absolute atomic E-state index is 0.00157. The summed E-state index contributed by atoms with van der Waals surface area (Å²) in [7, 11) is -1.79. The van der Waals surface area contributed by atoms with Crippen molar-refractivity contribution in [2.45, 2.75) is 19.8 Å². The molecule has 0 bridgehead atoms. The highest BCUT2D eigenvalue weighted by atomic mass is 19.1. The van der Waals surface area contributed by atoms with E-state index in [2.05, 4.69) is 10.2 Å². The fourth-order valence-electron chi connectivity index (χ4n) is 1.62. The molecular formula is C11H12BFN2O3. The average Bonchev–Trinajstić information content (AvgIpc) is 2.78. The van der Waals surface area contributed by atoms with Gasteiger partial charge in [-0.2, -0.15) is 0 Å². The van der Waals surface area contributed by atoms with Gasteiger partial charge in [-0.15, -0.1) is 10.2 Å². The normalized spacial score (nSPS) is 10.7. The first-order valence-electron chi connectivity index (χ1n) is 5.60. The average molecular weight is 250 g/mol. The minimum Gasteiger partial charge on any atom is -0.423 e. The van der Waals surface area contributed by atoms with Crippen molar-refractivity contribution < 1.29 is 18.9 Å². The highest BCUT2D eigenvalue weighted by Gasteiger charge is 2.21. The van der Waals surface area contributed by atoms with Crippen LogP contribution < -0.4 is 5.46 Å². The molecule has 0 atom stereocenters. The lowest BCUT2D eigenvalue weighted by Gasteiger charge is -2.04. The summed E-state index contributed by atoms with van der Waals surface area (Å²) in [6, 6.07) is 3.61. The van der Waals surface area contributed by atoms with Crippen molar-refractivity contribution in [2.24, 2.45) is 0 Å². The van der Waals surface area contributed by atoms with Gasteiger partial charge in [0.15, 0.2) is 0 Å². The van der Waals surface area contributed by atoms with E-state index in [4.69, 9.17) is 4.42 Å². The van der Waals surface area contributed by atoms with Gasteiger partial charge >= 0.3 is 7.12 Å². The number of aryl methyl sites for hydroxylation is 1. The zero-order valence-corrected chi connectivity index (χ0v) is 9.80. The van der Waals surface area contributed by atoms with Gasteiger partial charge in [-0.25, -0.2) is 4.39 Å². The molecule has 5 nitrogen and oxygen atoms in total. The molecule has 2 rings (SSSR count). The topological polar surface area (TPSA) is 79.4 Å². The zero-order valence-electron chi connectivity index (χ0n) is 9.80. The third-order valence-corrected chi connectivity index (χ3v) is 2.45. The predicted molar refractivity (Wildman–Crippen MR) is 63.5 cm³/mol. The number of nitrogens with zero attached hydrogens (tertiary/aromatic N) is 2. The summed E-state index contributed by atoms with van der Waals surface area (Å²) in [5.74, 6) is 0.0619. The highest BCUT2D eigenvalue weighted by Crippen LogP contribution is 2.17. The van der Waals surface area contributed by atoms with Gasteiger partial charge in [0, 0.05) is 12.0 Å². The quantitative estimate of drug-likeness (QED) is 0.773. The molecular weight excluding hydrogens is 238 g/mol. The molecule has 0 fully saturated rings. The minimum atomic E-state index is -1.79. The van der Waals surface area contributed by atoms with Crippen molar-refractivity contribution >= 4 is 12.6 Å². The maximum absolute atomic E-state index is 13.1. The Kier molecular flexibility index (Phi) is 3.73. The Morgan fingerprint density at radius 1 is 1.33 bits per heavy atom. The van der Waals surface area contributed by atoms with Crippen LogP contribution in [0.3, 0.4) is 0 Å². The van der Waals surface area contributed by atoms with Crippen LogP contribution in [0.15, 0.2) is 22.6 Å². The Bertz CT molecular complexity index is 545. The maximum atomic E-state index is 13.1. The van der Waals surface area contributed by atoms with Gasteiger partial charge in [-0.1, -0.05) is 6.92 Å². The number of aromatic nitrogens is 2. The van der Waals surface area contributed by atoms with Gasteiger partial charge in [0.25, 0.3) is 0 Å². The van der Waals surface area contributed by atoms with E-state index in [1.807, 2.05) is 6.92 Å². The van der Waals surface area contributed by atoms with E-state index in [0.29, 0.717) is 17.9 Å². The molecule has 1 aromatic heterocycles. The lowest BCUT2D eigenvalue weighted by atomic mass is 9.77. The second-order valence-electron chi connectivity index (χ2n) is 3.86. The molecule has 0 aliphatic rings. The predicted octanol–water partition coefficient (Wildman–Crippen LogP) is 0.508. The van der Waals surface area contributed by atoms with E-state index >= 15 is 0 Å². The summed E-state index contributed by atoms with van der Waals surface area (Å²) >= 11 is 0. The van der Waals surface area contributed by atoms with Crippen LogP contribution >= 0.6 is 0 Å². The SMILES string of the molecule is CCCc1nnc(-c2ccc(F)cc2B(O)O)o1. The third-order valence-electron chi connectivity index (χ3n) is 2.45. The Morgan fingerprint density at radius 3 is 2.78 bits per heavy atom. The van der Waals surface area contributed by atoms with Crippen molar-refractivity contribution in [3.05, 3.63) is 29.9 Å². The van der Waals surface area contributed by atoms with Gasteiger partial charge in [0.05, 0.1) is 0 Å². The molecule has 0 radical (unpaired) electrons. The lowest BCUT2D eigenvalue weighted by molar-refractivity contribution is 0.425. The van der Waals surface area contributed by atoms with Gasteiger partial charge < -0.3 is 14.5 Å². The molecule has 0 aliphatic heterocycles. The Morgan fingerprint density at radius 2 is 2.11 bits per heavy atom. The largest absolute Gasteiger partial charge is 0.489 e. The molecule has 0 saturated carbocycles. The third kappa shape index (κ3) is 2.57. The van der Waals surface area contributed by atoms with Crippen LogP contribution in [0.2, 0.25) is 0 Å². The number of rotatable bonds is 4. The summed E-state index contributed by atoms with van der Waals surface area (Å²) in [5.41, 5.74) is 0.322. The standard InChI is InChI=1S/C11H12BFN2O3/c1-2-3-10-14-15-11(18-10)8-5-4-7(13)6-9(8)12(16)17/h4-6,16-17H,2-3H2,1H3. The molecule has 0 unspecified atom stereocenters. The van der Waals surface area contributed by atoms with Crippen LogP contribution in [0, 0.1) is 5.82 Å².